The molecule has 124 valence electrons. The number of nitrogens with zero attached hydrogens (tertiary/aromatic N) is 3. The molecule has 0 saturated carbocycles. The molecular formula is C18H14N4O3. The fourth-order valence-electron chi connectivity index (χ4n) is 2.97. The molecule has 0 fully saturated rings. The Kier molecular flexibility index (Phi) is 3.53. The first-order chi connectivity index (χ1) is 12.1. The molecule has 0 atom stereocenters. The van der Waals surface area contributed by atoms with E-state index in [1.165, 1.54) is 30.3 Å². The summed E-state index contributed by atoms with van der Waals surface area (Å²) < 4.78 is 0. The molecule has 2 aromatic rings. The van der Waals surface area contributed by atoms with Gasteiger partial charge in [0.2, 0.25) is 0 Å². The van der Waals surface area contributed by atoms with Crippen molar-refractivity contribution in [1.29, 1.82) is 0 Å². The molecule has 25 heavy (non-hydrogen) atoms. The van der Waals surface area contributed by atoms with Gasteiger partial charge < -0.3 is 10.2 Å². The summed E-state index contributed by atoms with van der Waals surface area (Å²) in [6.07, 6.45) is 1.51. The Hall–Kier alpha value is -3.48. The number of aliphatic imine (C=N–C) groups is 1. The van der Waals surface area contributed by atoms with Crippen LogP contribution in [0.15, 0.2) is 65.4 Å². The van der Waals surface area contributed by atoms with Crippen LogP contribution in [-0.4, -0.2) is 34.5 Å². The Morgan fingerprint density at radius 2 is 1.96 bits per heavy atom. The van der Waals surface area contributed by atoms with Crippen LogP contribution in [0.2, 0.25) is 0 Å². The van der Waals surface area contributed by atoms with Gasteiger partial charge in [0, 0.05) is 35.9 Å². The molecule has 2 aliphatic heterocycles. The highest BCUT2D eigenvalue weighted by Crippen LogP contribution is 2.29. The van der Waals surface area contributed by atoms with Gasteiger partial charge in [-0.1, -0.05) is 12.1 Å². The predicted octanol–water partition coefficient (Wildman–Crippen LogP) is 2.81. The van der Waals surface area contributed by atoms with E-state index in [2.05, 4.69) is 10.3 Å². The molecule has 4 rings (SSSR count). The lowest BCUT2D eigenvalue weighted by Crippen LogP contribution is -2.36. The van der Waals surface area contributed by atoms with Crippen LogP contribution >= 0.6 is 0 Å². The molecule has 0 radical (unpaired) electrons. The Balaban J connectivity index is 1.66. The van der Waals surface area contributed by atoms with Crippen molar-refractivity contribution < 1.29 is 9.72 Å². The molecule has 1 N–H and O–H groups in total. The fraction of sp³-hybridized carbons (Fsp3) is 0.111. The normalized spacial score (nSPS) is 16.7. The van der Waals surface area contributed by atoms with Crippen LogP contribution in [0.25, 0.3) is 0 Å². The monoisotopic (exact) mass is 334 g/mol. The number of benzene rings is 2. The number of anilines is 1. The topological polar surface area (TPSA) is 87.8 Å². The highest BCUT2D eigenvalue weighted by atomic mass is 16.6. The van der Waals surface area contributed by atoms with E-state index < -0.39 is 4.92 Å². The number of allylic oxidation sites excluding steroid dienone is 1. The van der Waals surface area contributed by atoms with Gasteiger partial charge in [0.25, 0.3) is 5.69 Å². The third-order valence-corrected chi connectivity index (χ3v) is 4.19. The maximum absolute atomic E-state index is 12.5. The van der Waals surface area contributed by atoms with Crippen molar-refractivity contribution in [2.45, 2.75) is 0 Å². The first-order valence-electron chi connectivity index (χ1n) is 7.82. The van der Waals surface area contributed by atoms with Crippen molar-refractivity contribution >= 4 is 23.0 Å². The minimum Gasteiger partial charge on any atom is -0.341 e. The standard InChI is InChI=1S/C18H14N4O3/c23-16(12-5-7-13(8-6-12)22(24)25)11-17-20-15-4-2-1-3-14(15)18-19-9-10-21(17)18/h1-8,11,20H,9-10H2. The summed E-state index contributed by atoms with van der Waals surface area (Å²) in [7, 11) is 0. The van der Waals surface area contributed by atoms with Gasteiger partial charge in [-0.15, -0.1) is 0 Å². The smallest absolute Gasteiger partial charge is 0.269 e. The summed E-state index contributed by atoms with van der Waals surface area (Å²) in [6.45, 7) is 1.38. The Bertz CT molecular complexity index is 932. The largest absolute Gasteiger partial charge is 0.341 e. The first-order valence-corrected chi connectivity index (χ1v) is 7.82. The van der Waals surface area contributed by atoms with Crippen LogP contribution in [-0.2, 0) is 0 Å². The summed E-state index contributed by atoms with van der Waals surface area (Å²) in [5, 5.41) is 14.0. The number of nitro benzene ring substituents is 1. The number of nitrogens with one attached hydrogen (secondary N) is 1. The van der Waals surface area contributed by atoms with Crippen LogP contribution in [0.4, 0.5) is 11.4 Å². The first kappa shape index (κ1) is 15.1. The Labute approximate surface area is 143 Å². The summed E-state index contributed by atoms with van der Waals surface area (Å²) >= 11 is 0. The van der Waals surface area contributed by atoms with E-state index in [-0.39, 0.29) is 11.5 Å². The number of hydrogen-bond acceptors (Lipinski definition) is 6. The molecule has 0 spiro atoms. The van der Waals surface area contributed by atoms with E-state index in [9.17, 15) is 14.9 Å². The van der Waals surface area contributed by atoms with Crippen molar-refractivity contribution in [2.24, 2.45) is 4.99 Å². The molecule has 0 bridgehead atoms. The van der Waals surface area contributed by atoms with Crippen molar-refractivity contribution in [1.82, 2.24) is 4.90 Å². The van der Waals surface area contributed by atoms with E-state index in [4.69, 9.17) is 0 Å². The average molecular weight is 334 g/mol. The van der Waals surface area contributed by atoms with Crippen LogP contribution in [0, 0.1) is 10.1 Å². The van der Waals surface area contributed by atoms with Gasteiger partial charge in [-0.05, 0) is 24.3 Å². The van der Waals surface area contributed by atoms with Crippen LogP contribution in [0.1, 0.15) is 15.9 Å². The molecule has 0 amide bonds. The molecule has 7 heteroatoms. The predicted molar refractivity (Wildman–Crippen MR) is 93.7 cm³/mol. The summed E-state index contributed by atoms with van der Waals surface area (Å²) in [5.74, 6) is 1.30. The molecule has 7 nitrogen and oxygen atoms in total. The zero-order valence-corrected chi connectivity index (χ0v) is 13.2. The molecule has 2 aromatic carbocycles. The van der Waals surface area contributed by atoms with Gasteiger partial charge >= 0.3 is 0 Å². The van der Waals surface area contributed by atoms with Crippen molar-refractivity contribution in [3.8, 4) is 0 Å². The summed E-state index contributed by atoms with van der Waals surface area (Å²) in [4.78, 5) is 29.3. The van der Waals surface area contributed by atoms with E-state index in [0.29, 0.717) is 24.5 Å². The number of non-ortho nitro benzene ring substituents is 1. The minimum atomic E-state index is -0.487. The number of fused-ring (bicyclic) bond motifs is 3. The van der Waals surface area contributed by atoms with E-state index in [1.807, 2.05) is 29.2 Å². The quantitative estimate of drug-likeness (QED) is 0.403. The molecule has 0 saturated heterocycles. The van der Waals surface area contributed by atoms with Gasteiger partial charge in [0.1, 0.15) is 11.7 Å². The lowest BCUT2D eigenvalue weighted by Gasteiger charge is -2.31. The molecular weight excluding hydrogens is 320 g/mol. The second-order valence-corrected chi connectivity index (χ2v) is 5.73. The third-order valence-electron chi connectivity index (χ3n) is 4.19. The molecule has 2 aliphatic rings. The van der Waals surface area contributed by atoms with E-state index >= 15 is 0 Å². The maximum atomic E-state index is 12.5. The number of carbonyl (C=O) groups excluding carboxylic acids is 1. The van der Waals surface area contributed by atoms with Crippen LogP contribution in [0.5, 0.6) is 0 Å². The second-order valence-electron chi connectivity index (χ2n) is 5.73. The summed E-state index contributed by atoms with van der Waals surface area (Å²) in [6, 6.07) is 13.4. The Morgan fingerprint density at radius 1 is 1.20 bits per heavy atom. The number of nitro groups is 1. The number of ketones is 1. The Morgan fingerprint density at radius 3 is 2.72 bits per heavy atom. The van der Waals surface area contributed by atoms with Crippen molar-refractivity contribution in [3.05, 3.63) is 81.7 Å². The van der Waals surface area contributed by atoms with Gasteiger partial charge in [-0.2, -0.15) is 0 Å². The van der Waals surface area contributed by atoms with Crippen molar-refractivity contribution in [3.63, 3.8) is 0 Å². The molecule has 2 heterocycles. The highest BCUT2D eigenvalue weighted by molar-refractivity contribution is 6.10. The number of para-hydroxylation sites is 1. The zero-order chi connectivity index (χ0) is 17.4. The van der Waals surface area contributed by atoms with Crippen LogP contribution in [0.3, 0.4) is 0 Å². The zero-order valence-electron chi connectivity index (χ0n) is 13.2. The molecule has 0 aliphatic carbocycles. The minimum absolute atomic E-state index is 0.0390. The maximum Gasteiger partial charge on any atom is 0.269 e. The highest BCUT2D eigenvalue weighted by Gasteiger charge is 2.29. The SMILES string of the molecule is O=C(C=C1Nc2ccccc2C2=NCCN12)c1ccc([N+](=O)[O-])cc1. The number of carbonyl (C=O) groups is 1. The number of hydrogen-bond donors (Lipinski definition) is 1. The van der Waals surface area contributed by atoms with Gasteiger partial charge in [-0.25, -0.2) is 0 Å². The second kappa shape index (κ2) is 5.86. The van der Waals surface area contributed by atoms with Gasteiger partial charge in [0.15, 0.2) is 5.78 Å². The number of amidine groups is 1. The van der Waals surface area contributed by atoms with E-state index in [0.717, 1.165) is 17.1 Å². The lowest BCUT2D eigenvalue weighted by molar-refractivity contribution is -0.384. The van der Waals surface area contributed by atoms with Crippen molar-refractivity contribution in [2.75, 3.05) is 18.4 Å². The third kappa shape index (κ3) is 2.65. The number of rotatable bonds is 3. The molecule has 0 unspecified atom stereocenters. The average Bonchev–Trinajstić information content (AvgIpc) is 3.12. The van der Waals surface area contributed by atoms with Gasteiger partial charge in [-0.3, -0.25) is 19.9 Å². The van der Waals surface area contributed by atoms with Crippen LogP contribution < -0.4 is 5.32 Å². The van der Waals surface area contributed by atoms with Gasteiger partial charge in [0.05, 0.1) is 17.2 Å². The molecule has 0 aromatic heterocycles. The lowest BCUT2D eigenvalue weighted by atomic mass is 10.1. The van der Waals surface area contributed by atoms with E-state index in [1.54, 1.807) is 0 Å². The summed E-state index contributed by atoms with van der Waals surface area (Å²) in [5.41, 5.74) is 2.28. The fourth-order valence-corrected chi connectivity index (χ4v) is 2.97.